The maximum Gasteiger partial charge on any atom is 0.264 e. The van der Waals surface area contributed by atoms with Gasteiger partial charge in [-0.1, -0.05) is 48.5 Å². The number of aromatic nitrogens is 1. The van der Waals surface area contributed by atoms with Crippen molar-refractivity contribution in [3.05, 3.63) is 102 Å². The molecule has 1 aliphatic rings. The summed E-state index contributed by atoms with van der Waals surface area (Å²) in [5, 5.41) is 0.751. The Hall–Kier alpha value is -3.75. The third-order valence-corrected chi connectivity index (χ3v) is 7.81. The molecule has 36 heavy (non-hydrogen) atoms. The van der Waals surface area contributed by atoms with Gasteiger partial charge in [0.2, 0.25) is 0 Å². The zero-order valence-electron chi connectivity index (χ0n) is 19.9. The zero-order chi connectivity index (χ0) is 25.0. The number of hydrogen-bond acceptors (Lipinski definition) is 5. The van der Waals surface area contributed by atoms with Crippen LogP contribution < -0.4 is 4.72 Å². The third kappa shape index (κ3) is 5.40. The van der Waals surface area contributed by atoms with E-state index in [0.717, 1.165) is 31.4 Å². The van der Waals surface area contributed by atoms with E-state index in [1.165, 1.54) is 11.6 Å². The Balaban J connectivity index is 1.24. The number of carbonyl (C=O) groups excluding carboxylic acids is 1. The molecule has 0 unspecified atom stereocenters. The van der Waals surface area contributed by atoms with Crippen molar-refractivity contribution in [3.8, 4) is 0 Å². The van der Waals surface area contributed by atoms with Crippen LogP contribution in [-0.2, 0) is 16.6 Å². The molecule has 2 heterocycles. The number of nitrogens with zero attached hydrogens (tertiary/aromatic N) is 3. The molecule has 0 radical (unpaired) electrons. The molecule has 4 aromatic rings. The Kier molecular flexibility index (Phi) is 6.97. The van der Waals surface area contributed by atoms with Gasteiger partial charge in [0.25, 0.3) is 15.9 Å². The molecule has 0 aliphatic carbocycles. The number of anilines is 1. The van der Waals surface area contributed by atoms with Crippen LogP contribution in [0.25, 0.3) is 10.9 Å². The number of rotatable bonds is 6. The molecule has 1 N–H and O–H groups in total. The minimum absolute atomic E-state index is 0.0378. The molecule has 1 saturated heterocycles. The third-order valence-electron chi connectivity index (χ3n) is 6.39. The zero-order valence-corrected chi connectivity index (χ0v) is 20.7. The Bertz CT molecular complexity index is 1450. The minimum atomic E-state index is -3.84. The monoisotopic (exact) mass is 500 g/mol. The van der Waals surface area contributed by atoms with Crippen molar-refractivity contribution < 1.29 is 13.2 Å². The van der Waals surface area contributed by atoms with Crippen LogP contribution in [0.1, 0.15) is 22.3 Å². The number of hydrogen-bond donors (Lipinski definition) is 1. The first-order valence-electron chi connectivity index (χ1n) is 12.0. The molecule has 8 heteroatoms. The van der Waals surface area contributed by atoms with Crippen molar-refractivity contribution in [2.24, 2.45) is 0 Å². The highest BCUT2D eigenvalue weighted by molar-refractivity contribution is 7.93. The van der Waals surface area contributed by atoms with Crippen LogP contribution >= 0.6 is 0 Å². The van der Waals surface area contributed by atoms with E-state index >= 15 is 0 Å². The van der Waals surface area contributed by atoms with E-state index in [1.54, 1.807) is 42.6 Å². The number of carbonyl (C=O) groups is 1. The van der Waals surface area contributed by atoms with Crippen LogP contribution in [-0.4, -0.2) is 55.3 Å². The Morgan fingerprint density at radius 3 is 2.42 bits per heavy atom. The molecule has 3 aromatic carbocycles. The van der Waals surface area contributed by atoms with E-state index in [-0.39, 0.29) is 10.8 Å². The van der Waals surface area contributed by atoms with E-state index in [4.69, 9.17) is 0 Å². The maximum atomic E-state index is 13.1. The Morgan fingerprint density at radius 1 is 0.833 bits per heavy atom. The summed E-state index contributed by atoms with van der Waals surface area (Å²) in [6.45, 7) is 4.00. The molecule has 0 spiro atoms. The molecular weight excluding hydrogens is 472 g/mol. The lowest BCUT2D eigenvalue weighted by Gasteiger charge is -2.22. The van der Waals surface area contributed by atoms with Gasteiger partial charge in [0.1, 0.15) is 4.90 Å². The average Bonchev–Trinajstić information content (AvgIpc) is 3.14. The van der Waals surface area contributed by atoms with E-state index in [9.17, 15) is 13.2 Å². The van der Waals surface area contributed by atoms with Crippen molar-refractivity contribution >= 4 is 32.5 Å². The second-order valence-electron chi connectivity index (χ2n) is 8.92. The van der Waals surface area contributed by atoms with Gasteiger partial charge in [0, 0.05) is 55.6 Å². The first-order chi connectivity index (χ1) is 17.5. The molecule has 1 fully saturated rings. The molecule has 1 aliphatic heterocycles. The van der Waals surface area contributed by atoms with Gasteiger partial charge < -0.3 is 4.90 Å². The summed E-state index contributed by atoms with van der Waals surface area (Å²) in [4.78, 5) is 21.8. The van der Waals surface area contributed by atoms with E-state index < -0.39 is 10.0 Å². The number of pyridine rings is 1. The lowest BCUT2D eigenvalue weighted by Crippen LogP contribution is -2.35. The fourth-order valence-electron chi connectivity index (χ4n) is 4.54. The molecule has 7 nitrogen and oxygen atoms in total. The van der Waals surface area contributed by atoms with E-state index in [1.807, 2.05) is 35.2 Å². The number of amides is 1. The van der Waals surface area contributed by atoms with Gasteiger partial charge in [-0.15, -0.1) is 0 Å². The van der Waals surface area contributed by atoms with Crippen LogP contribution in [0.2, 0.25) is 0 Å². The smallest absolute Gasteiger partial charge is 0.264 e. The van der Waals surface area contributed by atoms with Crippen LogP contribution in [0.15, 0.2) is 96.0 Å². The van der Waals surface area contributed by atoms with Crippen molar-refractivity contribution in [3.63, 3.8) is 0 Å². The number of para-hydroxylation sites is 1. The maximum absolute atomic E-state index is 13.1. The van der Waals surface area contributed by atoms with Crippen LogP contribution in [0.4, 0.5) is 5.69 Å². The Labute approximate surface area is 211 Å². The van der Waals surface area contributed by atoms with E-state index in [0.29, 0.717) is 29.9 Å². The van der Waals surface area contributed by atoms with Gasteiger partial charge in [0.15, 0.2) is 0 Å². The molecule has 1 amide bonds. The van der Waals surface area contributed by atoms with Crippen molar-refractivity contribution in [1.29, 1.82) is 0 Å². The van der Waals surface area contributed by atoms with Gasteiger partial charge in [-0.3, -0.25) is 19.4 Å². The standard InChI is InChI=1S/C28H28N4O3S/c33-28(32-18-6-17-31(19-20-32)21-22-7-2-1-3-8-22)24-12-14-25(15-13-24)30-36(34,35)26-11-4-9-23-10-5-16-29-27(23)26/h1-5,7-16,30H,6,17-21H2. The highest BCUT2D eigenvalue weighted by atomic mass is 32.2. The van der Waals surface area contributed by atoms with E-state index in [2.05, 4.69) is 26.7 Å². The lowest BCUT2D eigenvalue weighted by atomic mass is 10.2. The fraction of sp³-hybridized carbons (Fsp3) is 0.214. The predicted molar refractivity (Wildman–Crippen MR) is 141 cm³/mol. The van der Waals surface area contributed by atoms with Crippen LogP contribution in [0, 0.1) is 0 Å². The summed E-state index contributed by atoms with van der Waals surface area (Å²) in [7, 11) is -3.84. The van der Waals surface area contributed by atoms with Crippen LogP contribution in [0.5, 0.6) is 0 Å². The summed E-state index contributed by atoms with van der Waals surface area (Å²) in [6.07, 6.45) is 2.49. The molecule has 0 saturated carbocycles. The first kappa shape index (κ1) is 24.0. The highest BCUT2D eigenvalue weighted by Gasteiger charge is 2.22. The molecule has 0 bridgehead atoms. The normalized spacial score (nSPS) is 14.9. The molecular formula is C28H28N4O3S. The second-order valence-corrected chi connectivity index (χ2v) is 10.6. The minimum Gasteiger partial charge on any atom is -0.337 e. The molecule has 5 rings (SSSR count). The van der Waals surface area contributed by atoms with Gasteiger partial charge >= 0.3 is 0 Å². The summed E-state index contributed by atoms with van der Waals surface area (Å²) in [6, 6.07) is 25.6. The second kappa shape index (κ2) is 10.5. The molecule has 1 aromatic heterocycles. The van der Waals surface area contributed by atoms with Crippen molar-refractivity contribution in [1.82, 2.24) is 14.8 Å². The van der Waals surface area contributed by atoms with Crippen molar-refractivity contribution in [2.45, 2.75) is 17.9 Å². The van der Waals surface area contributed by atoms with Crippen molar-refractivity contribution in [2.75, 3.05) is 30.9 Å². The van der Waals surface area contributed by atoms with Crippen LogP contribution in [0.3, 0.4) is 0 Å². The number of benzene rings is 3. The topological polar surface area (TPSA) is 82.6 Å². The Morgan fingerprint density at radius 2 is 1.61 bits per heavy atom. The predicted octanol–water partition coefficient (Wildman–Crippen LogP) is 4.38. The number of sulfonamides is 1. The fourth-order valence-corrected chi connectivity index (χ4v) is 5.78. The van der Waals surface area contributed by atoms with Gasteiger partial charge in [-0.05, 0) is 48.4 Å². The van der Waals surface area contributed by atoms with Gasteiger partial charge in [0.05, 0.1) is 5.52 Å². The summed E-state index contributed by atoms with van der Waals surface area (Å²) in [5.74, 6) is -0.0378. The molecule has 0 atom stereocenters. The number of nitrogens with one attached hydrogen (secondary N) is 1. The van der Waals surface area contributed by atoms with Gasteiger partial charge in [-0.2, -0.15) is 0 Å². The average molecular weight is 501 g/mol. The summed E-state index contributed by atoms with van der Waals surface area (Å²) in [5.41, 5.74) is 2.63. The SMILES string of the molecule is O=C(c1ccc(NS(=O)(=O)c2cccc3cccnc23)cc1)N1CCCN(Cc2ccccc2)CC1. The van der Waals surface area contributed by atoms with Gasteiger partial charge in [-0.25, -0.2) is 8.42 Å². The molecule has 184 valence electrons. The highest BCUT2D eigenvalue weighted by Crippen LogP contribution is 2.23. The quantitative estimate of drug-likeness (QED) is 0.425. The first-order valence-corrected chi connectivity index (χ1v) is 13.5. The lowest BCUT2D eigenvalue weighted by molar-refractivity contribution is 0.0761. The number of fused-ring (bicyclic) bond motifs is 1. The summed E-state index contributed by atoms with van der Waals surface area (Å²) >= 11 is 0. The summed E-state index contributed by atoms with van der Waals surface area (Å²) < 4.78 is 28.7. The largest absolute Gasteiger partial charge is 0.337 e.